The first kappa shape index (κ1) is 16.9. The Morgan fingerprint density at radius 3 is 2.57 bits per heavy atom. The Bertz CT molecular complexity index is 672. The first-order chi connectivity index (χ1) is 9.65. The van der Waals surface area contributed by atoms with Crippen LogP contribution in [0.2, 0.25) is 0 Å². The second-order valence-corrected chi connectivity index (χ2v) is 6.26. The lowest BCUT2D eigenvalue weighted by Gasteiger charge is -2.25. The molecule has 0 bridgehead atoms. The zero-order valence-corrected chi connectivity index (χ0v) is 12.5. The summed E-state index contributed by atoms with van der Waals surface area (Å²) in [6.45, 7) is 3.22. The van der Waals surface area contributed by atoms with Crippen molar-refractivity contribution < 1.29 is 18.4 Å². The molecule has 1 aromatic carbocycles. The Balaban J connectivity index is 3.09. The Labute approximate surface area is 122 Å². The molecule has 0 spiro atoms. The van der Waals surface area contributed by atoms with Gasteiger partial charge in [-0.1, -0.05) is 18.1 Å². The highest BCUT2D eigenvalue weighted by Gasteiger charge is 2.36. The van der Waals surface area contributed by atoms with E-state index in [4.69, 9.17) is 16.1 Å². The average Bonchev–Trinajstić information content (AvgIpc) is 2.44. The number of hydrogen-bond acceptors (Lipinski definition) is 5. The van der Waals surface area contributed by atoms with Crippen LogP contribution in [0.3, 0.4) is 0 Å². The minimum absolute atomic E-state index is 0.123. The van der Waals surface area contributed by atoms with Gasteiger partial charge in [0.05, 0.1) is 4.90 Å². The molecule has 1 atom stereocenters. The van der Waals surface area contributed by atoms with Gasteiger partial charge in [0.1, 0.15) is 5.41 Å². The van der Waals surface area contributed by atoms with Crippen LogP contribution >= 0.6 is 0 Å². The summed E-state index contributed by atoms with van der Waals surface area (Å²) >= 11 is 0. The van der Waals surface area contributed by atoms with Crippen LogP contribution in [0.1, 0.15) is 20.3 Å². The summed E-state index contributed by atoms with van der Waals surface area (Å²) < 4.78 is 22.5. The molecule has 0 aliphatic heterocycles. The number of primary sulfonamides is 1. The number of nitrogens with one attached hydrogen (secondary N) is 1. The molecule has 0 fully saturated rings. The molecule has 6 N–H and O–H groups in total. The Morgan fingerprint density at radius 1 is 1.48 bits per heavy atom. The highest BCUT2D eigenvalue weighted by molar-refractivity contribution is 7.89. The van der Waals surface area contributed by atoms with Gasteiger partial charge in [-0.3, -0.25) is 4.79 Å². The van der Waals surface area contributed by atoms with Gasteiger partial charge in [-0.25, -0.2) is 13.6 Å². The minimum atomic E-state index is -3.86. The summed E-state index contributed by atoms with van der Waals surface area (Å²) in [6.07, 6.45) is 0.295. The third-order valence-corrected chi connectivity index (χ3v) is 4.21. The first-order valence-electron chi connectivity index (χ1n) is 6.07. The third kappa shape index (κ3) is 3.70. The maximum absolute atomic E-state index is 12.3. The number of carbonyl (C=O) groups is 1. The molecule has 1 amide bonds. The minimum Gasteiger partial charge on any atom is -0.409 e. The van der Waals surface area contributed by atoms with Crippen molar-refractivity contribution in [1.29, 1.82) is 0 Å². The lowest BCUT2D eigenvalue weighted by atomic mass is 9.85. The molecule has 9 heteroatoms. The van der Waals surface area contributed by atoms with Gasteiger partial charge in [0.25, 0.3) is 0 Å². The van der Waals surface area contributed by atoms with Gasteiger partial charge in [-0.15, -0.1) is 0 Å². The lowest BCUT2D eigenvalue weighted by molar-refractivity contribution is -0.121. The molecular formula is C12H18N4O4S. The quantitative estimate of drug-likeness (QED) is 0.269. The SMILES string of the molecule is CCC(C)(C(=O)Nc1cccc(S(N)(=O)=O)c1)/C(N)=N/O. The topological polar surface area (TPSA) is 148 Å². The number of benzene rings is 1. The fourth-order valence-corrected chi connectivity index (χ4v) is 2.15. The van der Waals surface area contributed by atoms with Crippen molar-refractivity contribution in [2.75, 3.05) is 5.32 Å². The zero-order chi connectivity index (χ0) is 16.3. The van der Waals surface area contributed by atoms with Crippen LogP contribution in [-0.2, 0) is 14.8 Å². The van der Waals surface area contributed by atoms with Crippen molar-refractivity contribution in [3.8, 4) is 0 Å². The monoisotopic (exact) mass is 314 g/mol. The smallest absolute Gasteiger partial charge is 0.238 e. The summed E-state index contributed by atoms with van der Waals surface area (Å²) in [5.41, 5.74) is 4.57. The first-order valence-corrected chi connectivity index (χ1v) is 7.62. The summed E-state index contributed by atoms with van der Waals surface area (Å²) in [5.74, 6) is -0.753. The van der Waals surface area contributed by atoms with Crippen LogP contribution in [0.4, 0.5) is 5.69 Å². The highest BCUT2D eigenvalue weighted by atomic mass is 32.2. The van der Waals surface area contributed by atoms with E-state index >= 15 is 0 Å². The summed E-state index contributed by atoms with van der Waals surface area (Å²) in [5, 5.41) is 19.2. The van der Waals surface area contributed by atoms with Crippen molar-refractivity contribution in [3.05, 3.63) is 24.3 Å². The van der Waals surface area contributed by atoms with E-state index in [1.165, 1.54) is 31.2 Å². The molecule has 0 aliphatic carbocycles. The van der Waals surface area contributed by atoms with Crippen molar-refractivity contribution in [1.82, 2.24) is 0 Å². The van der Waals surface area contributed by atoms with E-state index in [-0.39, 0.29) is 16.4 Å². The summed E-state index contributed by atoms with van der Waals surface area (Å²) in [7, 11) is -3.86. The maximum Gasteiger partial charge on any atom is 0.238 e. The standard InChI is InChI=1S/C12H18N4O4S/c1-3-12(2,10(13)16-18)11(17)15-8-5-4-6-9(7-8)21(14,19)20/h4-7,18H,3H2,1-2H3,(H2,13,16)(H,15,17)(H2,14,19,20). The Kier molecular flexibility index (Phi) is 4.92. The second-order valence-electron chi connectivity index (χ2n) is 4.70. The molecule has 0 heterocycles. The van der Waals surface area contributed by atoms with E-state index in [0.717, 1.165) is 0 Å². The number of nitrogens with zero attached hydrogens (tertiary/aromatic N) is 1. The second kappa shape index (κ2) is 6.10. The van der Waals surface area contributed by atoms with E-state index < -0.39 is 21.3 Å². The third-order valence-electron chi connectivity index (χ3n) is 3.30. The van der Waals surface area contributed by atoms with Gasteiger partial charge >= 0.3 is 0 Å². The molecule has 0 saturated carbocycles. The van der Waals surface area contributed by atoms with Gasteiger partial charge in [-0.05, 0) is 31.5 Å². The fourth-order valence-electron chi connectivity index (χ4n) is 1.59. The van der Waals surface area contributed by atoms with Crippen LogP contribution in [0.15, 0.2) is 34.3 Å². The predicted molar refractivity (Wildman–Crippen MR) is 78.3 cm³/mol. The average molecular weight is 314 g/mol. The van der Waals surface area contributed by atoms with Gasteiger partial charge in [0.15, 0.2) is 5.84 Å². The van der Waals surface area contributed by atoms with Crippen LogP contribution in [0, 0.1) is 5.41 Å². The molecular weight excluding hydrogens is 296 g/mol. The predicted octanol–water partition coefficient (Wildman–Crippen LogP) is 0.435. The number of oxime groups is 1. The number of amides is 1. The summed E-state index contributed by atoms with van der Waals surface area (Å²) in [4.78, 5) is 12.1. The Hall–Kier alpha value is -2.13. The molecule has 1 rings (SSSR count). The number of sulfonamides is 1. The number of nitrogens with two attached hydrogens (primary N) is 2. The van der Waals surface area contributed by atoms with Crippen molar-refractivity contribution in [2.45, 2.75) is 25.2 Å². The number of amidine groups is 1. The van der Waals surface area contributed by atoms with Crippen LogP contribution in [-0.4, -0.2) is 25.4 Å². The lowest BCUT2D eigenvalue weighted by Crippen LogP contribution is -2.44. The van der Waals surface area contributed by atoms with Crippen LogP contribution in [0.25, 0.3) is 0 Å². The van der Waals surface area contributed by atoms with Crippen LogP contribution in [0.5, 0.6) is 0 Å². The number of carbonyl (C=O) groups excluding carboxylic acids is 1. The number of rotatable bonds is 5. The molecule has 0 aliphatic rings. The largest absolute Gasteiger partial charge is 0.409 e. The molecule has 0 saturated heterocycles. The van der Waals surface area contributed by atoms with Crippen LogP contribution < -0.4 is 16.2 Å². The van der Waals surface area contributed by atoms with Gasteiger partial charge < -0.3 is 16.3 Å². The van der Waals surface area contributed by atoms with Gasteiger partial charge in [0.2, 0.25) is 15.9 Å². The van der Waals surface area contributed by atoms with E-state index in [1.807, 2.05) is 0 Å². The zero-order valence-electron chi connectivity index (χ0n) is 11.7. The Morgan fingerprint density at radius 2 is 2.10 bits per heavy atom. The highest BCUT2D eigenvalue weighted by Crippen LogP contribution is 2.24. The molecule has 116 valence electrons. The molecule has 1 aromatic rings. The molecule has 0 aromatic heterocycles. The molecule has 8 nitrogen and oxygen atoms in total. The van der Waals surface area contributed by atoms with E-state index in [9.17, 15) is 13.2 Å². The maximum atomic E-state index is 12.3. The fraction of sp³-hybridized carbons (Fsp3) is 0.333. The molecule has 21 heavy (non-hydrogen) atoms. The number of anilines is 1. The van der Waals surface area contributed by atoms with Gasteiger partial charge in [0, 0.05) is 5.69 Å². The van der Waals surface area contributed by atoms with E-state index in [2.05, 4.69) is 10.5 Å². The normalized spacial score (nSPS) is 15.3. The summed E-state index contributed by atoms with van der Waals surface area (Å²) in [6, 6.07) is 5.50. The molecule has 1 unspecified atom stereocenters. The van der Waals surface area contributed by atoms with Crippen molar-refractivity contribution in [2.24, 2.45) is 21.4 Å². The molecule has 0 radical (unpaired) electrons. The van der Waals surface area contributed by atoms with Gasteiger partial charge in [-0.2, -0.15) is 0 Å². The van der Waals surface area contributed by atoms with E-state index in [1.54, 1.807) is 6.92 Å². The van der Waals surface area contributed by atoms with Crippen molar-refractivity contribution in [3.63, 3.8) is 0 Å². The van der Waals surface area contributed by atoms with E-state index in [0.29, 0.717) is 6.42 Å². The van der Waals surface area contributed by atoms with Crippen molar-refractivity contribution >= 4 is 27.5 Å². The number of hydrogen-bond donors (Lipinski definition) is 4.